The van der Waals surface area contributed by atoms with Gasteiger partial charge in [0.2, 0.25) is 0 Å². The van der Waals surface area contributed by atoms with Crippen LogP contribution in [0.3, 0.4) is 0 Å². The number of aromatic nitrogens is 1. The lowest BCUT2D eigenvalue weighted by atomic mass is 9.92. The molecular formula is C26H26N2O4. The van der Waals surface area contributed by atoms with Crippen molar-refractivity contribution in [3.8, 4) is 0 Å². The highest BCUT2D eigenvalue weighted by molar-refractivity contribution is 6.04. The maximum atomic E-state index is 11.9. The van der Waals surface area contributed by atoms with Crippen molar-refractivity contribution in [2.45, 2.75) is 44.9 Å². The highest BCUT2D eigenvalue weighted by Gasteiger charge is 2.23. The van der Waals surface area contributed by atoms with Crippen molar-refractivity contribution < 1.29 is 19.5 Å². The summed E-state index contributed by atoms with van der Waals surface area (Å²) in [5.41, 5.74) is 5.41. The smallest absolute Gasteiger partial charge is 0.306 e. The summed E-state index contributed by atoms with van der Waals surface area (Å²) < 4.78 is 5.98. The van der Waals surface area contributed by atoms with Crippen molar-refractivity contribution in [2.24, 2.45) is 11.1 Å². The highest BCUT2D eigenvalue weighted by Crippen LogP contribution is 2.33. The zero-order valence-electron chi connectivity index (χ0n) is 17.8. The van der Waals surface area contributed by atoms with Crippen LogP contribution < -0.4 is 0 Å². The van der Waals surface area contributed by atoms with Crippen LogP contribution in [0.5, 0.6) is 0 Å². The van der Waals surface area contributed by atoms with Gasteiger partial charge in [0, 0.05) is 46.5 Å². The minimum Gasteiger partial charge on any atom is -0.481 e. The van der Waals surface area contributed by atoms with Gasteiger partial charge in [-0.25, -0.2) is 0 Å². The molecule has 2 aromatic carbocycles. The van der Waals surface area contributed by atoms with Crippen molar-refractivity contribution in [3.05, 3.63) is 71.1 Å². The Labute approximate surface area is 185 Å². The van der Waals surface area contributed by atoms with Gasteiger partial charge in [-0.1, -0.05) is 35.5 Å². The molecule has 1 aliphatic rings. The van der Waals surface area contributed by atoms with Gasteiger partial charge in [0.1, 0.15) is 11.3 Å². The number of nitrogens with zero attached hydrogens (tertiary/aromatic N) is 1. The van der Waals surface area contributed by atoms with Gasteiger partial charge in [0.25, 0.3) is 0 Å². The zero-order valence-corrected chi connectivity index (χ0v) is 17.8. The van der Waals surface area contributed by atoms with E-state index in [1.807, 2.05) is 42.6 Å². The van der Waals surface area contributed by atoms with Gasteiger partial charge >= 0.3 is 5.97 Å². The number of nitrogens with one attached hydrogen (secondary N) is 1. The summed E-state index contributed by atoms with van der Waals surface area (Å²) in [5.74, 6) is -0.452. The van der Waals surface area contributed by atoms with Crippen LogP contribution in [0.2, 0.25) is 0 Å². The number of aryl methyl sites for hydroxylation is 3. The highest BCUT2D eigenvalue weighted by atomic mass is 16.4. The van der Waals surface area contributed by atoms with E-state index in [2.05, 4.69) is 16.2 Å². The van der Waals surface area contributed by atoms with E-state index >= 15 is 0 Å². The molecule has 0 saturated heterocycles. The Kier molecular flexibility index (Phi) is 5.43. The summed E-state index contributed by atoms with van der Waals surface area (Å²) in [4.78, 5) is 15.2. The van der Waals surface area contributed by atoms with Gasteiger partial charge in [-0.2, -0.15) is 0 Å². The van der Waals surface area contributed by atoms with Crippen molar-refractivity contribution in [3.63, 3.8) is 0 Å². The molecule has 0 unspecified atom stereocenters. The summed E-state index contributed by atoms with van der Waals surface area (Å²) in [7, 11) is 0. The fraction of sp³-hybridized carbons (Fsp3) is 0.308. The average molecular weight is 431 g/mol. The Morgan fingerprint density at radius 2 is 2.03 bits per heavy atom. The number of para-hydroxylation sites is 1. The molecule has 0 aliphatic heterocycles. The molecule has 0 bridgehead atoms. The first-order valence-electron chi connectivity index (χ1n) is 11.2. The van der Waals surface area contributed by atoms with E-state index in [1.165, 1.54) is 16.5 Å². The number of benzene rings is 2. The lowest BCUT2D eigenvalue weighted by Crippen LogP contribution is -2.19. The van der Waals surface area contributed by atoms with Crippen LogP contribution in [-0.2, 0) is 24.1 Å². The van der Waals surface area contributed by atoms with E-state index in [9.17, 15) is 15.1 Å². The number of carboxylic acids is 1. The molecule has 6 heteroatoms. The number of furan rings is 1. The zero-order chi connectivity index (χ0) is 22.1. The Bertz CT molecular complexity index is 1310. The van der Waals surface area contributed by atoms with Crippen molar-refractivity contribution in [1.82, 2.24) is 4.98 Å². The van der Waals surface area contributed by atoms with Gasteiger partial charge in [0.15, 0.2) is 0 Å². The Morgan fingerprint density at radius 3 is 2.88 bits per heavy atom. The predicted molar refractivity (Wildman–Crippen MR) is 124 cm³/mol. The predicted octanol–water partition coefficient (Wildman–Crippen LogP) is 5.69. The number of H-pyrrole nitrogens is 1. The number of oxime groups is 1. The normalized spacial score (nSPS) is 14.8. The first-order valence-corrected chi connectivity index (χ1v) is 11.2. The summed E-state index contributed by atoms with van der Waals surface area (Å²) in [6.45, 7) is 0. The molecule has 0 radical (unpaired) electrons. The van der Waals surface area contributed by atoms with Crippen LogP contribution in [-0.4, -0.2) is 27.0 Å². The molecule has 0 saturated carbocycles. The number of aromatic amines is 1. The van der Waals surface area contributed by atoms with Crippen LogP contribution in [0.15, 0.2) is 58.2 Å². The van der Waals surface area contributed by atoms with Crippen molar-refractivity contribution >= 4 is 33.6 Å². The maximum Gasteiger partial charge on any atom is 0.306 e. The van der Waals surface area contributed by atoms with Crippen LogP contribution in [0.1, 0.15) is 48.1 Å². The molecule has 2 aromatic heterocycles. The van der Waals surface area contributed by atoms with E-state index in [1.54, 1.807) is 0 Å². The van der Waals surface area contributed by atoms with Gasteiger partial charge < -0.3 is 19.7 Å². The molecule has 3 N–H and O–H groups in total. The third kappa shape index (κ3) is 3.77. The summed E-state index contributed by atoms with van der Waals surface area (Å²) in [6, 6.07) is 13.9. The quantitative estimate of drug-likeness (QED) is 0.190. The maximum absolute atomic E-state index is 11.9. The van der Waals surface area contributed by atoms with E-state index < -0.39 is 11.9 Å². The molecule has 0 fully saturated rings. The number of aliphatic carboxylic acids is 1. The molecule has 0 amide bonds. The van der Waals surface area contributed by atoms with Gasteiger partial charge in [0.05, 0.1) is 11.6 Å². The molecule has 2 heterocycles. The number of hydrogen-bond acceptors (Lipinski definition) is 4. The third-order valence-electron chi connectivity index (χ3n) is 6.62. The minimum absolute atomic E-state index is 0.172. The lowest BCUT2D eigenvalue weighted by molar-refractivity contribution is -0.141. The molecule has 164 valence electrons. The average Bonchev–Trinajstić information content (AvgIpc) is 3.50. The molecule has 1 aliphatic carbocycles. The molecule has 6 nitrogen and oxygen atoms in total. The van der Waals surface area contributed by atoms with Crippen molar-refractivity contribution in [1.29, 1.82) is 0 Å². The van der Waals surface area contributed by atoms with E-state index in [4.69, 9.17) is 4.42 Å². The summed E-state index contributed by atoms with van der Waals surface area (Å²) in [5, 5.41) is 25.2. The monoisotopic (exact) mass is 430 g/mol. The largest absolute Gasteiger partial charge is 0.481 e. The van der Waals surface area contributed by atoms with E-state index in [-0.39, 0.29) is 6.42 Å². The topological polar surface area (TPSA) is 98.8 Å². The molecule has 0 spiro atoms. The second kappa shape index (κ2) is 8.54. The molecule has 4 aromatic rings. The summed E-state index contributed by atoms with van der Waals surface area (Å²) >= 11 is 0. The van der Waals surface area contributed by atoms with Gasteiger partial charge in [-0.05, 0) is 49.8 Å². The Morgan fingerprint density at radius 1 is 1.16 bits per heavy atom. The third-order valence-corrected chi connectivity index (χ3v) is 6.62. The fourth-order valence-corrected chi connectivity index (χ4v) is 4.92. The number of rotatable bonds is 8. The van der Waals surface area contributed by atoms with E-state index in [0.29, 0.717) is 17.7 Å². The minimum atomic E-state index is -0.872. The standard InChI is InChI=1S/C26H26N2O4/c29-26(30)17(5-3-6-18-15-27-22-9-2-1-7-19(18)22)13-23(28-31)16-11-12-21-20-8-4-10-24(20)32-25(21)14-16/h1-2,7,9,11-12,14-15,17,27,31H,3-6,8,10,13H2,(H,29,30)/t17-/m0/s1. The second-order valence-electron chi connectivity index (χ2n) is 8.61. The van der Waals surface area contributed by atoms with Crippen LogP contribution in [0.4, 0.5) is 0 Å². The number of fused-ring (bicyclic) bond motifs is 4. The molecular weight excluding hydrogens is 404 g/mol. The van der Waals surface area contributed by atoms with Crippen molar-refractivity contribution in [2.75, 3.05) is 0 Å². The Hall–Kier alpha value is -3.54. The van der Waals surface area contributed by atoms with Crippen LogP contribution in [0, 0.1) is 5.92 Å². The summed E-state index contributed by atoms with van der Waals surface area (Å²) in [6.07, 6.45) is 7.31. The number of carbonyl (C=O) groups is 1. The van der Waals surface area contributed by atoms with Gasteiger partial charge in [-0.15, -0.1) is 0 Å². The number of carboxylic acid groups (broad SMARTS) is 1. The Balaban J connectivity index is 1.28. The second-order valence-corrected chi connectivity index (χ2v) is 8.61. The lowest BCUT2D eigenvalue weighted by Gasteiger charge is -2.13. The molecule has 1 atom stereocenters. The molecule has 5 rings (SSSR count). The molecule has 32 heavy (non-hydrogen) atoms. The fourth-order valence-electron chi connectivity index (χ4n) is 4.92. The van der Waals surface area contributed by atoms with E-state index in [0.717, 1.165) is 54.4 Å². The SMILES string of the molecule is O=C(O)[C@@H](CCCc1c[nH]c2ccccc12)CC(=NO)c1ccc2c3c(oc2c1)CCC3. The first-order chi connectivity index (χ1) is 15.6. The number of hydrogen-bond donors (Lipinski definition) is 3. The van der Waals surface area contributed by atoms with Crippen LogP contribution in [0.25, 0.3) is 21.9 Å². The van der Waals surface area contributed by atoms with Gasteiger partial charge in [-0.3, -0.25) is 4.79 Å². The van der Waals surface area contributed by atoms with Crippen LogP contribution >= 0.6 is 0 Å². The first kappa shape index (κ1) is 20.4.